The van der Waals surface area contributed by atoms with Crippen LogP contribution in [0.15, 0.2) is 12.7 Å². The zero-order valence-electron chi connectivity index (χ0n) is 5.09. The van der Waals surface area contributed by atoms with Gasteiger partial charge in [-0.15, -0.1) is 0 Å². The first-order chi connectivity index (χ1) is 3.67. The zero-order valence-corrected chi connectivity index (χ0v) is 5.09. The van der Waals surface area contributed by atoms with E-state index in [1.54, 1.807) is 13.0 Å². The highest BCUT2D eigenvalue weighted by Gasteiger charge is 2.33. The summed E-state index contributed by atoms with van der Waals surface area (Å²) < 4.78 is 0. The highest BCUT2D eigenvalue weighted by Crippen LogP contribution is 2.19. The van der Waals surface area contributed by atoms with Crippen molar-refractivity contribution in [3.8, 4) is 0 Å². The Morgan fingerprint density at radius 3 is 2.38 bits per heavy atom. The molecule has 1 fully saturated rings. The molecule has 1 N–H and O–H groups in total. The first kappa shape index (κ1) is 5.79. The molecule has 46 valence electrons. The van der Waals surface area contributed by atoms with E-state index < -0.39 is 5.72 Å². The predicted octanol–water partition coefficient (Wildman–Crippen LogP) is 0.196. The number of rotatable bonds is 2. The molecular weight excluding hydrogens is 102 g/mol. The molecule has 1 aliphatic rings. The average Bonchev–Trinajstić information content (AvgIpc) is 2.44. The topological polar surface area (TPSA) is 23.2 Å². The van der Waals surface area contributed by atoms with Crippen LogP contribution in [0.5, 0.6) is 0 Å². The van der Waals surface area contributed by atoms with Gasteiger partial charge in [0, 0.05) is 13.1 Å². The van der Waals surface area contributed by atoms with E-state index in [1.165, 1.54) is 0 Å². The quantitative estimate of drug-likeness (QED) is 0.408. The van der Waals surface area contributed by atoms with Gasteiger partial charge in [0.2, 0.25) is 0 Å². The summed E-state index contributed by atoms with van der Waals surface area (Å²) in [6.07, 6.45) is 1.56. The van der Waals surface area contributed by atoms with Gasteiger partial charge < -0.3 is 5.11 Å². The molecular formula is C6H11NO. The molecule has 0 saturated carbocycles. The van der Waals surface area contributed by atoms with E-state index >= 15 is 0 Å². The normalized spacial score (nSPS) is 26.8. The van der Waals surface area contributed by atoms with E-state index in [0.717, 1.165) is 13.1 Å². The van der Waals surface area contributed by atoms with Crippen LogP contribution >= 0.6 is 0 Å². The van der Waals surface area contributed by atoms with Crippen LogP contribution in [0.25, 0.3) is 0 Å². The Bertz CT molecular complexity index is 105. The number of hydrogen-bond donors (Lipinski definition) is 1. The Labute approximate surface area is 49.4 Å². The molecule has 1 heterocycles. The third-order valence-electron chi connectivity index (χ3n) is 1.47. The third-order valence-corrected chi connectivity index (χ3v) is 1.47. The van der Waals surface area contributed by atoms with Crippen LogP contribution in [-0.4, -0.2) is 28.8 Å². The van der Waals surface area contributed by atoms with Crippen LogP contribution in [0.2, 0.25) is 0 Å². The summed E-state index contributed by atoms with van der Waals surface area (Å²) >= 11 is 0. The van der Waals surface area contributed by atoms with Gasteiger partial charge in [-0.1, -0.05) is 6.58 Å². The lowest BCUT2D eigenvalue weighted by molar-refractivity contribution is 0.0173. The van der Waals surface area contributed by atoms with Gasteiger partial charge in [-0.25, -0.2) is 0 Å². The Morgan fingerprint density at radius 2 is 2.25 bits per heavy atom. The van der Waals surface area contributed by atoms with Crippen LogP contribution in [0.4, 0.5) is 0 Å². The maximum atomic E-state index is 9.27. The van der Waals surface area contributed by atoms with Crippen molar-refractivity contribution < 1.29 is 5.11 Å². The summed E-state index contributed by atoms with van der Waals surface area (Å²) in [5, 5.41) is 9.27. The second kappa shape index (κ2) is 1.57. The van der Waals surface area contributed by atoms with Gasteiger partial charge in [0.15, 0.2) is 0 Å². The molecule has 0 bridgehead atoms. The minimum atomic E-state index is -0.750. The highest BCUT2D eigenvalue weighted by molar-refractivity contribution is 4.97. The fraction of sp³-hybridized carbons (Fsp3) is 0.667. The van der Waals surface area contributed by atoms with Crippen LogP contribution in [-0.2, 0) is 0 Å². The van der Waals surface area contributed by atoms with E-state index in [1.807, 2.05) is 4.90 Å². The van der Waals surface area contributed by atoms with Gasteiger partial charge in [-0.05, 0) is 13.0 Å². The predicted molar refractivity (Wildman–Crippen MR) is 32.4 cm³/mol. The highest BCUT2D eigenvalue weighted by atomic mass is 16.3. The van der Waals surface area contributed by atoms with Crippen LogP contribution < -0.4 is 0 Å². The van der Waals surface area contributed by atoms with Crippen molar-refractivity contribution in [3.05, 3.63) is 12.7 Å². The molecule has 0 amide bonds. The van der Waals surface area contributed by atoms with E-state index in [2.05, 4.69) is 6.58 Å². The van der Waals surface area contributed by atoms with Crippen molar-refractivity contribution in [1.82, 2.24) is 4.90 Å². The van der Waals surface area contributed by atoms with Crippen molar-refractivity contribution in [2.45, 2.75) is 12.6 Å². The summed E-state index contributed by atoms with van der Waals surface area (Å²) in [5.74, 6) is 0. The molecule has 1 unspecified atom stereocenters. The molecule has 1 saturated heterocycles. The molecule has 2 nitrogen and oxygen atoms in total. The zero-order chi connectivity index (χ0) is 6.20. The molecule has 2 heteroatoms. The number of hydrogen-bond acceptors (Lipinski definition) is 2. The smallest absolute Gasteiger partial charge is 0.134 e. The minimum Gasteiger partial charge on any atom is -0.372 e. The fourth-order valence-electron chi connectivity index (χ4n) is 0.632. The second-order valence-corrected chi connectivity index (χ2v) is 2.29. The molecule has 0 aromatic heterocycles. The van der Waals surface area contributed by atoms with Crippen molar-refractivity contribution in [3.63, 3.8) is 0 Å². The first-order valence-electron chi connectivity index (χ1n) is 2.78. The molecule has 1 rings (SSSR count). The Morgan fingerprint density at radius 1 is 1.75 bits per heavy atom. The molecule has 8 heavy (non-hydrogen) atoms. The molecule has 0 spiro atoms. The lowest BCUT2D eigenvalue weighted by atomic mass is 10.3. The summed E-state index contributed by atoms with van der Waals surface area (Å²) in [5.41, 5.74) is -0.750. The van der Waals surface area contributed by atoms with E-state index in [4.69, 9.17) is 0 Å². The molecule has 0 aliphatic carbocycles. The van der Waals surface area contributed by atoms with Crippen LogP contribution in [0, 0.1) is 0 Å². The fourth-order valence-corrected chi connectivity index (χ4v) is 0.632. The van der Waals surface area contributed by atoms with Gasteiger partial charge in [-0.3, -0.25) is 4.90 Å². The van der Waals surface area contributed by atoms with Crippen LogP contribution in [0.1, 0.15) is 6.92 Å². The number of aliphatic hydroxyl groups is 1. The summed E-state index contributed by atoms with van der Waals surface area (Å²) in [6.45, 7) is 7.24. The molecule has 0 aromatic carbocycles. The molecule has 1 aliphatic heterocycles. The van der Waals surface area contributed by atoms with Crippen molar-refractivity contribution in [2.75, 3.05) is 13.1 Å². The maximum absolute atomic E-state index is 9.27. The Kier molecular flexibility index (Phi) is 1.14. The minimum absolute atomic E-state index is 0.750. The van der Waals surface area contributed by atoms with Crippen molar-refractivity contribution in [1.29, 1.82) is 0 Å². The summed E-state index contributed by atoms with van der Waals surface area (Å²) in [6, 6.07) is 0. The van der Waals surface area contributed by atoms with Gasteiger partial charge >= 0.3 is 0 Å². The Balaban J connectivity index is 2.49. The average molecular weight is 113 g/mol. The molecule has 0 radical (unpaired) electrons. The molecule has 0 aromatic rings. The number of nitrogens with zero attached hydrogens (tertiary/aromatic N) is 1. The first-order valence-corrected chi connectivity index (χ1v) is 2.78. The monoisotopic (exact) mass is 113 g/mol. The van der Waals surface area contributed by atoms with E-state index in [0.29, 0.717) is 0 Å². The van der Waals surface area contributed by atoms with Crippen LogP contribution in [0.3, 0.4) is 0 Å². The Hall–Kier alpha value is -0.340. The second-order valence-electron chi connectivity index (χ2n) is 2.29. The van der Waals surface area contributed by atoms with E-state index in [-0.39, 0.29) is 0 Å². The van der Waals surface area contributed by atoms with Gasteiger partial charge in [0.05, 0.1) is 0 Å². The lowest BCUT2D eigenvalue weighted by Gasteiger charge is -2.18. The third kappa shape index (κ3) is 0.904. The summed E-state index contributed by atoms with van der Waals surface area (Å²) in [4.78, 5) is 1.93. The maximum Gasteiger partial charge on any atom is 0.134 e. The lowest BCUT2D eigenvalue weighted by Crippen LogP contribution is -2.30. The SMILES string of the molecule is C=CC(C)(O)N1CC1. The van der Waals surface area contributed by atoms with Gasteiger partial charge in [0.25, 0.3) is 0 Å². The van der Waals surface area contributed by atoms with Gasteiger partial charge in [-0.2, -0.15) is 0 Å². The standard InChI is InChI=1S/C6H11NO/c1-3-6(2,8)7-4-5-7/h3,8H,1,4-5H2,2H3. The largest absolute Gasteiger partial charge is 0.372 e. The van der Waals surface area contributed by atoms with E-state index in [9.17, 15) is 5.11 Å². The van der Waals surface area contributed by atoms with Crippen molar-refractivity contribution in [2.24, 2.45) is 0 Å². The van der Waals surface area contributed by atoms with Gasteiger partial charge in [0.1, 0.15) is 5.72 Å². The molecule has 1 atom stereocenters. The summed E-state index contributed by atoms with van der Waals surface area (Å²) in [7, 11) is 0. The van der Waals surface area contributed by atoms with Crippen molar-refractivity contribution >= 4 is 0 Å².